The summed E-state index contributed by atoms with van der Waals surface area (Å²) < 4.78 is 0. The Morgan fingerprint density at radius 2 is 2.33 bits per heavy atom. The fraction of sp³-hybridized carbons (Fsp3) is 0.100. The third-order valence-electron chi connectivity index (χ3n) is 1.56. The molecule has 0 atom stereocenters. The monoisotopic (exact) mass is 177 g/mol. The van der Waals surface area contributed by atoms with Gasteiger partial charge >= 0.3 is 0 Å². The Labute approximate surface area is 76.9 Å². The van der Waals surface area contributed by atoms with Gasteiger partial charge in [-0.15, -0.1) is 11.6 Å². The van der Waals surface area contributed by atoms with Crippen molar-refractivity contribution in [2.24, 2.45) is 0 Å². The van der Waals surface area contributed by atoms with Gasteiger partial charge < -0.3 is 0 Å². The molecule has 0 radical (unpaired) electrons. The second-order valence-electron chi connectivity index (χ2n) is 2.42. The minimum Gasteiger partial charge on any atom is -0.192 e. The molecule has 0 aromatic heterocycles. The van der Waals surface area contributed by atoms with Crippen molar-refractivity contribution < 1.29 is 0 Å². The zero-order chi connectivity index (χ0) is 8.97. The maximum Gasteiger partial charge on any atom is 0.0991 e. The molecule has 0 amide bonds. The fourth-order valence-corrected chi connectivity index (χ4v) is 1.07. The van der Waals surface area contributed by atoms with Crippen molar-refractivity contribution in [1.29, 1.82) is 5.26 Å². The lowest BCUT2D eigenvalue weighted by atomic mass is 10.1. The molecule has 1 nitrogen and oxygen atoms in total. The molecule has 0 aliphatic heterocycles. The van der Waals surface area contributed by atoms with Crippen molar-refractivity contribution in [3.63, 3.8) is 0 Å². The Morgan fingerprint density at radius 3 is 2.92 bits per heavy atom. The predicted molar refractivity (Wildman–Crippen MR) is 50.6 cm³/mol. The van der Waals surface area contributed by atoms with Gasteiger partial charge in [-0.05, 0) is 17.2 Å². The number of hydrogen-bond donors (Lipinski definition) is 0. The van der Waals surface area contributed by atoms with Crippen LogP contribution in [0.15, 0.2) is 30.8 Å². The second kappa shape index (κ2) is 3.94. The lowest BCUT2D eigenvalue weighted by molar-refractivity contribution is 1.39. The first kappa shape index (κ1) is 8.83. The number of alkyl halides is 1. The highest BCUT2D eigenvalue weighted by atomic mass is 35.5. The molecule has 1 aromatic carbocycles. The summed E-state index contributed by atoms with van der Waals surface area (Å²) in [5, 5.41) is 8.57. The van der Waals surface area contributed by atoms with E-state index in [1.165, 1.54) is 0 Å². The SMILES string of the molecule is C=C(C#N)c1cccc(CCl)c1. The summed E-state index contributed by atoms with van der Waals surface area (Å²) in [5.74, 6) is 0.465. The average molecular weight is 178 g/mol. The van der Waals surface area contributed by atoms with E-state index in [4.69, 9.17) is 16.9 Å². The van der Waals surface area contributed by atoms with Gasteiger partial charge in [-0.25, -0.2) is 0 Å². The van der Waals surface area contributed by atoms with Crippen LogP contribution < -0.4 is 0 Å². The molecule has 0 spiro atoms. The van der Waals surface area contributed by atoms with Crippen molar-refractivity contribution in [1.82, 2.24) is 0 Å². The van der Waals surface area contributed by atoms with E-state index in [9.17, 15) is 0 Å². The minimum absolute atomic E-state index is 0.465. The number of allylic oxidation sites excluding steroid dienone is 1. The molecule has 0 bridgehead atoms. The van der Waals surface area contributed by atoms with Gasteiger partial charge in [0.05, 0.1) is 11.6 Å². The Balaban J connectivity index is 3.03. The fourth-order valence-electron chi connectivity index (χ4n) is 0.907. The lowest BCUT2D eigenvalue weighted by Crippen LogP contribution is -1.82. The number of rotatable bonds is 2. The van der Waals surface area contributed by atoms with E-state index in [1.54, 1.807) is 0 Å². The minimum atomic E-state index is 0.465. The van der Waals surface area contributed by atoms with Crippen molar-refractivity contribution in [3.8, 4) is 6.07 Å². The number of nitrogens with zero attached hydrogens (tertiary/aromatic N) is 1. The quantitative estimate of drug-likeness (QED) is 0.503. The topological polar surface area (TPSA) is 23.8 Å². The first-order chi connectivity index (χ1) is 5.77. The molecule has 0 heterocycles. The lowest BCUT2D eigenvalue weighted by Gasteiger charge is -1.98. The van der Waals surface area contributed by atoms with Crippen LogP contribution in [-0.2, 0) is 5.88 Å². The van der Waals surface area contributed by atoms with Crippen LogP contribution in [-0.4, -0.2) is 0 Å². The van der Waals surface area contributed by atoms with E-state index in [0.29, 0.717) is 11.5 Å². The van der Waals surface area contributed by atoms with Gasteiger partial charge in [-0.2, -0.15) is 5.26 Å². The molecule has 0 N–H and O–H groups in total. The van der Waals surface area contributed by atoms with Gasteiger partial charge in [0.1, 0.15) is 0 Å². The van der Waals surface area contributed by atoms with E-state index in [2.05, 4.69) is 6.58 Å². The van der Waals surface area contributed by atoms with Gasteiger partial charge in [0.25, 0.3) is 0 Å². The number of halogens is 1. The summed E-state index contributed by atoms with van der Waals surface area (Å²) in [6.07, 6.45) is 0. The third kappa shape index (κ3) is 1.87. The predicted octanol–water partition coefficient (Wildman–Crippen LogP) is 2.96. The first-order valence-corrected chi connectivity index (χ1v) is 4.05. The summed E-state index contributed by atoms with van der Waals surface area (Å²) in [5.41, 5.74) is 2.32. The largest absolute Gasteiger partial charge is 0.192 e. The smallest absolute Gasteiger partial charge is 0.0991 e. The highest BCUT2D eigenvalue weighted by Crippen LogP contribution is 2.14. The van der Waals surface area contributed by atoms with Gasteiger partial charge in [0.15, 0.2) is 0 Å². The van der Waals surface area contributed by atoms with Crippen molar-refractivity contribution in [3.05, 3.63) is 42.0 Å². The van der Waals surface area contributed by atoms with E-state index >= 15 is 0 Å². The third-order valence-corrected chi connectivity index (χ3v) is 1.87. The van der Waals surface area contributed by atoms with Crippen LogP contribution in [0, 0.1) is 11.3 Å². The zero-order valence-electron chi connectivity index (χ0n) is 6.55. The van der Waals surface area contributed by atoms with Crippen LogP contribution in [0.4, 0.5) is 0 Å². The summed E-state index contributed by atoms with van der Waals surface area (Å²) in [7, 11) is 0. The molecule has 0 saturated carbocycles. The zero-order valence-corrected chi connectivity index (χ0v) is 7.30. The average Bonchev–Trinajstić information content (AvgIpc) is 2.17. The number of hydrogen-bond acceptors (Lipinski definition) is 1. The maximum absolute atomic E-state index is 8.57. The Bertz CT molecular complexity index is 336. The highest BCUT2D eigenvalue weighted by molar-refractivity contribution is 6.17. The van der Waals surface area contributed by atoms with Crippen LogP contribution >= 0.6 is 11.6 Å². The van der Waals surface area contributed by atoms with E-state index < -0.39 is 0 Å². The molecule has 0 saturated heterocycles. The molecule has 1 rings (SSSR count). The molecule has 60 valence electrons. The Morgan fingerprint density at radius 1 is 1.58 bits per heavy atom. The number of benzene rings is 1. The summed E-state index contributed by atoms with van der Waals surface area (Å²) >= 11 is 5.63. The summed E-state index contributed by atoms with van der Waals surface area (Å²) in [6, 6.07) is 9.51. The first-order valence-electron chi connectivity index (χ1n) is 3.52. The van der Waals surface area contributed by atoms with Crippen molar-refractivity contribution >= 4 is 17.2 Å². The molecule has 0 unspecified atom stereocenters. The second-order valence-corrected chi connectivity index (χ2v) is 2.69. The van der Waals surface area contributed by atoms with Crippen LogP contribution in [0.3, 0.4) is 0 Å². The van der Waals surface area contributed by atoms with Gasteiger partial charge in [-0.3, -0.25) is 0 Å². The molecule has 0 aliphatic carbocycles. The highest BCUT2D eigenvalue weighted by Gasteiger charge is 1.97. The maximum atomic E-state index is 8.57. The molecular weight excluding hydrogens is 170 g/mol. The van der Waals surface area contributed by atoms with E-state index in [-0.39, 0.29) is 0 Å². The van der Waals surface area contributed by atoms with Gasteiger partial charge in [0, 0.05) is 5.88 Å². The Hall–Kier alpha value is -1.26. The van der Waals surface area contributed by atoms with Crippen LogP contribution in [0.1, 0.15) is 11.1 Å². The van der Waals surface area contributed by atoms with Crippen LogP contribution in [0.2, 0.25) is 0 Å². The summed E-state index contributed by atoms with van der Waals surface area (Å²) in [6.45, 7) is 3.61. The molecule has 1 aromatic rings. The van der Waals surface area contributed by atoms with Crippen LogP contribution in [0.5, 0.6) is 0 Å². The van der Waals surface area contributed by atoms with E-state index in [0.717, 1.165) is 11.1 Å². The molecule has 12 heavy (non-hydrogen) atoms. The van der Waals surface area contributed by atoms with Crippen molar-refractivity contribution in [2.45, 2.75) is 5.88 Å². The normalized spacial score (nSPS) is 9.00. The van der Waals surface area contributed by atoms with Crippen LogP contribution in [0.25, 0.3) is 5.57 Å². The molecule has 0 fully saturated rings. The van der Waals surface area contributed by atoms with E-state index in [1.807, 2.05) is 30.3 Å². The van der Waals surface area contributed by atoms with Gasteiger partial charge in [-0.1, -0.05) is 24.8 Å². The summed E-state index contributed by atoms with van der Waals surface area (Å²) in [4.78, 5) is 0. The molecular formula is C10H8ClN. The number of nitriles is 1. The Kier molecular flexibility index (Phi) is 2.90. The molecule has 0 aliphatic rings. The van der Waals surface area contributed by atoms with Gasteiger partial charge in [0.2, 0.25) is 0 Å². The standard InChI is InChI=1S/C10H8ClN/c1-8(7-12)10-4-2-3-9(5-10)6-11/h2-5H,1,6H2. The van der Waals surface area contributed by atoms with Crippen molar-refractivity contribution in [2.75, 3.05) is 0 Å². The molecule has 2 heteroatoms.